The zero-order chi connectivity index (χ0) is 30.4. The van der Waals surface area contributed by atoms with Gasteiger partial charge in [0.15, 0.2) is 6.10 Å². The predicted molar refractivity (Wildman–Crippen MR) is 165 cm³/mol. The highest BCUT2D eigenvalue weighted by atomic mass is 31.2. The summed E-state index contributed by atoms with van der Waals surface area (Å²) in [4.78, 5) is 42.4. The van der Waals surface area contributed by atoms with Crippen LogP contribution in [0.2, 0.25) is 0 Å². The van der Waals surface area contributed by atoms with E-state index < -0.39 is 32.5 Å². The summed E-state index contributed by atoms with van der Waals surface area (Å²) in [6.45, 7) is 3.49. The van der Waals surface area contributed by atoms with Crippen LogP contribution >= 0.6 is 7.82 Å². The first-order valence-corrected chi connectivity index (χ1v) is 17.3. The summed E-state index contributed by atoms with van der Waals surface area (Å²) in [7, 11) is -4.75. The summed E-state index contributed by atoms with van der Waals surface area (Å²) in [5.41, 5.74) is 0. The Balaban J connectivity index is 4.11. The molecule has 0 aliphatic rings. The van der Waals surface area contributed by atoms with Crippen molar-refractivity contribution in [2.24, 2.45) is 0 Å². The topological polar surface area (TPSA) is 119 Å². The zero-order valence-corrected chi connectivity index (χ0v) is 26.6. The molecule has 0 aromatic rings. The molecule has 0 saturated heterocycles. The summed E-state index contributed by atoms with van der Waals surface area (Å²) < 4.78 is 26.1. The molecule has 1 unspecified atom stereocenters. The van der Waals surface area contributed by atoms with Crippen molar-refractivity contribution >= 4 is 19.8 Å². The normalized spacial score (nSPS) is 13.0. The van der Waals surface area contributed by atoms with E-state index in [0.717, 1.165) is 57.8 Å². The van der Waals surface area contributed by atoms with Crippen LogP contribution < -0.4 is 0 Å². The van der Waals surface area contributed by atoms with E-state index in [0.29, 0.717) is 6.42 Å². The van der Waals surface area contributed by atoms with Crippen LogP contribution in [0.3, 0.4) is 0 Å². The Labute approximate surface area is 249 Å². The Kier molecular flexibility index (Phi) is 27.2. The average molecular weight is 601 g/mol. The maximum absolute atomic E-state index is 12.3. The van der Waals surface area contributed by atoms with Gasteiger partial charge in [-0.15, -0.1) is 0 Å². The fraction of sp³-hybridized carbons (Fsp3) is 0.750. The molecule has 0 aromatic heterocycles. The molecule has 0 bridgehead atoms. The summed E-state index contributed by atoms with van der Waals surface area (Å²) in [5, 5.41) is 0. The number of hydrogen-bond acceptors (Lipinski definition) is 6. The van der Waals surface area contributed by atoms with Crippen LogP contribution in [0.5, 0.6) is 0 Å². The second-order valence-electron chi connectivity index (χ2n) is 10.4. The van der Waals surface area contributed by atoms with Gasteiger partial charge in [0.25, 0.3) is 0 Å². The maximum atomic E-state index is 12.3. The van der Waals surface area contributed by atoms with Gasteiger partial charge < -0.3 is 19.3 Å². The molecule has 0 rings (SSSR count). The molecular weight excluding hydrogens is 543 g/mol. The van der Waals surface area contributed by atoms with E-state index in [1.165, 1.54) is 44.9 Å². The van der Waals surface area contributed by atoms with Gasteiger partial charge in [-0.25, -0.2) is 4.57 Å². The van der Waals surface area contributed by atoms with Crippen LogP contribution in [0, 0.1) is 0 Å². The quantitative estimate of drug-likeness (QED) is 0.0396. The van der Waals surface area contributed by atoms with Crippen molar-refractivity contribution < 1.29 is 37.9 Å². The number of rotatable bonds is 28. The smallest absolute Gasteiger partial charge is 0.462 e. The molecule has 238 valence electrons. The van der Waals surface area contributed by atoms with Gasteiger partial charge in [0.2, 0.25) is 0 Å². The average Bonchev–Trinajstić information content (AvgIpc) is 2.93. The summed E-state index contributed by atoms with van der Waals surface area (Å²) in [6.07, 6.45) is 30.2. The van der Waals surface area contributed by atoms with Crippen molar-refractivity contribution in [2.75, 3.05) is 13.2 Å². The molecule has 0 saturated carbocycles. The Morgan fingerprint density at radius 3 is 1.76 bits per heavy atom. The fourth-order valence-electron chi connectivity index (χ4n) is 4.09. The number of phosphoric acid groups is 1. The van der Waals surface area contributed by atoms with Crippen molar-refractivity contribution in [1.82, 2.24) is 0 Å². The number of esters is 2. The monoisotopic (exact) mass is 600 g/mol. The molecule has 0 heterocycles. The minimum Gasteiger partial charge on any atom is -0.462 e. The number of allylic oxidation sites excluding steroid dienone is 6. The molecule has 0 amide bonds. The van der Waals surface area contributed by atoms with Crippen molar-refractivity contribution in [1.29, 1.82) is 0 Å². The van der Waals surface area contributed by atoms with Gasteiger partial charge >= 0.3 is 19.8 Å². The van der Waals surface area contributed by atoms with E-state index in [-0.39, 0.29) is 19.4 Å². The number of ether oxygens (including phenoxy) is 2. The van der Waals surface area contributed by atoms with Gasteiger partial charge in [0, 0.05) is 12.8 Å². The standard InChI is InChI=1S/C32H57O8P/c1-3-5-7-9-11-13-15-16-17-19-21-23-25-27-32(34)40-30(29-39-41(35,36)37)28-38-31(33)26-24-22-20-18-14-12-10-8-6-4-2/h5,7,11,13,16-17,30H,3-4,6,8-10,12,14-15,18-29H2,1-2H3,(H2,35,36,37)/b7-5-,13-11-,17-16-. The Hall–Kier alpha value is -1.73. The second-order valence-corrected chi connectivity index (χ2v) is 11.6. The van der Waals surface area contributed by atoms with E-state index >= 15 is 0 Å². The number of hydrogen-bond donors (Lipinski definition) is 2. The SMILES string of the molecule is CC/C=C\C/C=C\C/C=C\CCCCCC(=O)OC(COC(=O)CCCCCCCCCCCC)COP(=O)(O)O. The number of unbranched alkanes of at least 4 members (excludes halogenated alkanes) is 12. The summed E-state index contributed by atoms with van der Waals surface area (Å²) in [6, 6.07) is 0. The van der Waals surface area contributed by atoms with E-state index in [2.05, 4.69) is 54.8 Å². The lowest BCUT2D eigenvalue weighted by atomic mass is 10.1. The van der Waals surface area contributed by atoms with E-state index in [4.69, 9.17) is 19.3 Å². The molecule has 2 N–H and O–H groups in total. The first kappa shape index (κ1) is 39.3. The lowest BCUT2D eigenvalue weighted by Gasteiger charge is -2.18. The first-order valence-electron chi connectivity index (χ1n) is 15.8. The van der Waals surface area contributed by atoms with Crippen LogP contribution in [0.25, 0.3) is 0 Å². The predicted octanol–water partition coefficient (Wildman–Crippen LogP) is 8.67. The number of phosphoric ester groups is 1. The lowest BCUT2D eigenvalue weighted by molar-refractivity contribution is -0.161. The molecule has 8 nitrogen and oxygen atoms in total. The third-order valence-electron chi connectivity index (χ3n) is 6.42. The van der Waals surface area contributed by atoms with Crippen LogP contribution in [-0.2, 0) is 28.2 Å². The Bertz CT molecular complexity index is 772. The van der Waals surface area contributed by atoms with Crippen molar-refractivity contribution in [3.05, 3.63) is 36.5 Å². The Morgan fingerprint density at radius 1 is 0.659 bits per heavy atom. The van der Waals surface area contributed by atoms with Crippen LogP contribution in [0.4, 0.5) is 0 Å². The number of carbonyl (C=O) groups is 2. The van der Waals surface area contributed by atoms with Gasteiger partial charge in [-0.05, 0) is 44.9 Å². The third kappa shape index (κ3) is 31.0. The molecule has 1 atom stereocenters. The van der Waals surface area contributed by atoms with Crippen molar-refractivity contribution in [3.8, 4) is 0 Å². The largest absolute Gasteiger partial charge is 0.469 e. The third-order valence-corrected chi connectivity index (χ3v) is 6.91. The maximum Gasteiger partial charge on any atom is 0.469 e. The second kappa shape index (κ2) is 28.4. The number of carbonyl (C=O) groups excluding carboxylic acids is 2. The minimum atomic E-state index is -4.75. The molecular formula is C32H57O8P. The van der Waals surface area contributed by atoms with Gasteiger partial charge in [0.05, 0.1) is 6.61 Å². The van der Waals surface area contributed by atoms with E-state index in [1.54, 1.807) is 0 Å². The van der Waals surface area contributed by atoms with Gasteiger partial charge in [0.1, 0.15) is 6.61 Å². The van der Waals surface area contributed by atoms with Crippen molar-refractivity contribution in [3.63, 3.8) is 0 Å². The van der Waals surface area contributed by atoms with Crippen molar-refractivity contribution in [2.45, 2.75) is 142 Å². The van der Waals surface area contributed by atoms with Gasteiger partial charge in [-0.1, -0.05) is 115 Å². The Morgan fingerprint density at radius 2 is 1.17 bits per heavy atom. The zero-order valence-electron chi connectivity index (χ0n) is 25.7. The summed E-state index contributed by atoms with van der Waals surface area (Å²) >= 11 is 0. The van der Waals surface area contributed by atoms with E-state index in [1.807, 2.05) is 0 Å². The first-order chi connectivity index (χ1) is 19.8. The molecule has 0 aromatic carbocycles. The highest BCUT2D eigenvalue weighted by molar-refractivity contribution is 7.46. The molecule has 41 heavy (non-hydrogen) atoms. The highest BCUT2D eigenvalue weighted by Crippen LogP contribution is 2.35. The molecule has 0 aliphatic carbocycles. The highest BCUT2D eigenvalue weighted by Gasteiger charge is 2.22. The van der Waals surface area contributed by atoms with Gasteiger partial charge in [-0.3, -0.25) is 14.1 Å². The van der Waals surface area contributed by atoms with Crippen LogP contribution in [-0.4, -0.2) is 41.0 Å². The lowest BCUT2D eigenvalue weighted by Crippen LogP contribution is -2.29. The minimum absolute atomic E-state index is 0.177. The molecule has 0 aliphatic heterocycles. The van der Waals surface area contributed by atoms with E-state index in [9.17, 15) is 14.2 Å². The fourth-order valence-corrected chi connectivity index (χ4v) is 4.45. The molecule has 0 spiro atoms. The van der Waals surface area contributed by atoms with Gasteiger partial charge in [-0.2, -0.15) is 0 Å². The van der Waals surface area contributed by atoms with Crippen LogP contribution in [0.1, 0.15) is 136 Å². The molecule has 0 radical (unpaired) electrons. The molecule has 0 fully saturated rings. The molecule has 9 heteroatoms. The van der Waals surface area contributed by atoms with Crippen LogP contribution in [0.15, 0.2) is 36.5 Å². The summed E-state index contributed by atoms with van der Waals surface area (Å²) in [5.74, 6) is -0.925.